The molecule has 0 spiro atoms. The molecule has 1 aromatic carbocycles. The van der Waals surface area contributed by atoms with Gasteiger partial charge in [0.05, 0.1) is 13.0 Å². The van der Waals surface area contributed by atoms with Gasteiger partial charge in [-0.05, 0) is 18.6 Å². The zero-order valence-corrected chi connectivity index (χ0v) is 10.5. The minimum atomic E-state index is 0.107. The number of carbonyl (C=O) groups is 1. The third-order valence-electron chi connectivity index (χ3n) is 2.43. The van der Waals surface area contributed by atoms with Crippen LogP contribution in [0.4, 0.5) is 5.69 Å². The second-order valence-electron chi connectivity index (χ2n) is 3.99. The Morgan fingerprint density at radius 1 is 1.47 bits per heavy atom. The summed E-state index contributed by atoms with van der Waals surface area (Å²) in [5, 5.41) is 0. The molecule has 0 atom stereocenters. The van der Waals surface area contributed by atoms with E-state index in [0.717, 1.165) is 13.0 Å². The van der Waals surface area contributed by atoms with Gasteiger partial charge in [0.15, 0.2) is 0 Å². The minimum absolute atomic E-state index is 0.107. The Morgan fingerprint density at radius 3 is 2.88 bits per heavy atom. The standard InChI is InChI=1S/C13H20N2O2/c1-3-8-15(2)13(16)7-9-17-12-6-4-5-11(14)10-12/h4-6,10H,3,7-9,14H2,1-2H3. The maximum atomic E-state index is 11.6. The predicted octanol–water partition coefficient (Wildman–Crippen LogP) is 1.91. The Balaban J connectivity index is 2.30. The quantitative estimate of drug-likeness (QED) is 0.767. The van der Waals surface area contributed by atoms with Crippen LogP contribution in [0.15, 0.2) is 24.3 Å². The highest BCUT2D eigenvalue weighted by atomic mass is 16.5. The summed E-state index contributed by atoms with van der Waals surface area (Å²) in [4.78, 5) is 13.3. The number of amides is 1. The number of rotatable bonds is 6. The third kappa shape index (κ3) is 4.76. The number of hydrogen-bond donors (Lipinski definition) is 1. The molecule has 0 aliphatic carbocycles. The molecule has 0 aliphatic heterocycles. The van der Waals surface area contributed by atoms with Crippen LogP contribution in [0, 0.1) is 0 Å². The van der Waals surface area contributed by atoms with E-state index in [1.807, 2.05) is 26.1 Å². The lowest BCUT2D eigenvalue weighted by molar-refractivity contribution is -0.130. The van der Waals surface area contributed by atoms with E-state index >= 15 is 0 Å². The molecule has 0 aromatic heterocycles. The van der Waals surface area contributed by atoms with Crippen LogP contribution in [0.3, 0.4) is 0 Å². The summed E-state index contributed by atoms with van der Waals surface area (Å²) in [7, 11) is 1.81. The molecule has 0 bridgehead atoms. The Hall–Kier alpha value is -1.71. The van der Waals surface area contributed by atoms with Crippen LogP contribution in [-0.2, 0) is 4.79 Å². The summed E-state index contributed by atoms with van der Waals surface area (Å²) < 4.78 is 5.46. The molecule has 4 nitrogen and oxygen atoms in total. The van der Waals surface area contributed by atoms with Crippen LogP contribution in [0.25, 0.3) is 0 Å². The van der Waals surface area contributed by atoms with Crippen LogP contribution >= 0.6 is 0 Å². The normalized spacial score (nSPS) is 10.0. The van der Waals surface area contributed by atoms with E-state index in [-0.39, 0.29) is 5.91 Å². The SMILES string of the molecule is CCCN(C)C(=O)CCOc1cccc(N)c1. The van der Waals surface area contributed by atoms with Crippen molar-refractivity contribution in [3.8, 4) is 5.75 Å². The first-order chi connectivity index (χ1) is 8.13. The van der Waals surface area contributed by atoms with Crippen molar-refractivity contribution < 1.29 is 9.53 Å². The zero-order chi connectivity index (χ0) is 12.7. The summed E-state index contributed by atoms with van der Waals surface area (Å²) >= 11 is 0. The number of hydrogen-bond acceptors (Lipinski definition) is 3. The van der Waals surface area contributed by atoms with Gasteiger partial charge in [-0.3, -0.25) is 4.79 Å². The molecule has 0 unspecified atom stereocenters. The largest absolute Gasteiger partial charge is 0.493 e. The summed E-state index contributed by atoms with van der Waals surface area (Å²) in [6, 6.07) is 7.21. The first kappa shape index (κ1) is 13.4. The molecule has 94 valence electrons. The fraction of sp³-hybridized carbons (Fsp3) is 0.462. The van der Waals surface area contributed by atoms with E-state index < -0.39 is 0 Å². The maximum Gasteiger partial charge on any atom is 0.225 e. The van der Waals surface area contributed by atoms with Gasteiger partial charge in [-0.25, -0.2) is 0 Å². The molecule has 2 N–H and O–H groups in total. The van der Waals surface area contributed by atoms with E-state index in [1.165, 1.54) is 0 Å². The molecule has 0 radical (unpaired) electrons. The zero-order valence-electron chi connectivity index (χ0n) is 10.5. The molecule has 0 saturated heterocycles. The lowest BCUT2D eigenvalue weighted by Gasteiger charge is -2.16. The van der Waals surface area contributed by atoms with Gasteiger partial charge in [-0.15, -0.1) is 0 Å². The highest BCUT2D eigenvalue weighted by Crippen LogP contribution is 2.14. The summed E-state index contributed by atoms with van der Waals surface area (Å²) in [6.07, 6.45) is 1.36. The van der Waals surface area contributed by atoms with Crippen molar-refractivity contribution in [1.29, 1.82) is 0 Å². The predicted molar refractivity (Wildman–Crippen MR) is 68.9 cm³/mol. The van der Waals surface area contributed by atoms with Crippen molar-refractivity contribution in [2.45, 2.75) is 19.8 Å². The molecule has 0 fully saturated rings. The average Bonchev–Trinajstić information content (AvgIpc) is 2.29. The van der Waals surface area contributed by atoms with Crippen molar-refractivity contribution in [3.63, 3.8) is 0 Å². The molecule has 1 amide bonds. The van der Waals surface area contributed by atoms with Gasteiger partial charge in [0.1, 0.15) is 5.75 Å². The number of nitrogen functional groups attached to an aromatic ring is 1. The maximum absolute atomic E-state index is 11.6. The average molecular weight is 236 g/mol. The third-order valence-corrected chi connectivity index (χ3v) is 2.43. The fourth-order valence-electron chi connectivity index (χ4n) is 1.51. The molecule has 0 heterocycles. The van der Waals surface area contributed by atoms with E-state index in [2.05, 4.69) is 0 Å². The van der Waals surface area contributed by atoms with E-state index in [4.69, 9.17) is 10.5 Å². The molecule has 0 aliphatic rings. The minimum Gasteiger partial charge on any atom is -0.493 e. The smallest absolute Gasteiger partial charge is 0.225 e. The Morgan fingerprint density at radius 2 is 2.24 bits per heavy atom. The number of nitrogens with zero attached hydrogens (tertiary/aromatic N) is 1. The molecular weight excluding hydrogens is 216 g/mol. The van der Waals surface area contributed by atoms with Crippen LogP contribution < -0.4 is 10.5 Å². The number of carbonyl (C=O) groups excluding carboxylic acids is 1. The highest BCUT2D eigenvalue weighted by Gasteiger charge is 2.07. The van der Waals surface area contributed by atoms with Crippen LogP contribution in [-0.4, -0.2) is 31.0 Å². The summed E-state index contributed by atoms with van der Waals surface area (Å²) in [5.74, 6) is 0.812. The lowest BCUT2D eigenvalue weighted by atomic mass is 10.3. The molecule has 1 rings (SSSR count). The number of benzene rings is 1. The van der Waals surface area contributed by atoms with E-state index in [1.54, 1.807) is 17.0 Å². The number of anilines is 1. The Kier molecular flexibility index (Phi) is 5.33. The van der Waals surface area contributed by atoms with Crippen molar-refractivity contribution in [2.75, 3.05) is 25.9 Å². The van der Waals surface area contributed by atoms with E-state index in [9.17, 15) is 4.79 Å². The van der Waals surface area contributed by atoms with Crippen LogP contribution in [0.5, 0.6) is 5.75 Å². The number of nitrogens with two attached hydrogens (primary N) is 1. The second kappa shape index (κ2) is 6.78. The fourth-order valence-corrected chi connectivity index (χ4v) is 1.51. The molecule has 0 saturated carbocycles. The van der Waals surface area contributed by atoms with Gasteiger partial charge < -0.3 is 15.4 Å². The van der Waals surface area contributed by atoms with Gasteiger partial charge in [-0.2, -0.15) is 0 Å². The molecule has 4 heteroatoms. The van der Waals surface area contributed by atoms with Gasteiger partial charge in [0.25, 0.3) is 0 Å². The first-order valence-corrected chi connectivity index (χ1v) is 5.85. The Labute approximate surface area is 102 Å². The van der Waals surface area contributed by atoms with Crippen molar-refractivity contribution in [2.24, 2.45) is 0 Å². The van der Waals surface area contributed by atoms with Gasteiger partial charge in [0, 0.05) is 25.3 Å². The van der Waals surface area contributed by atoms with Crippen LogP contribution in [0.2, 0.25) is 0 Å². The van der Waals surface area contributed by atoms with E-state index in [0.29, 0.717) is 24.5 Å². The van der Waals surface area contributed by atoms with Gasteiger partial charge >= 0.3 is 0 Å². The van der Waals surface area contributed by atoms with Crippen molar-refractivity contribution in [3.05, 3.63) is 24.3 Å². The number of ether oxygens (including phenoxy) is 1. The van der Waals surface area contributed by atoms with Gasteiger partial charge in [-0.1, -0.05) is 13.0 Å². The highest BCUT2D eigenvalue weighted by molar-refractivity contribution is 5.75. The molecular formula is C13H20N2O2. The van der Waals surface area contributed by atoms with Gasteiger partial charge in [0.2, 0.25) is 5.91 Å². The topological polar surface area (TPSA) is 55.6 Å². The lowest BCUT2D eigenvalue weighted by Crippen LogP contribution is -2.28. The van der Waals surface area contributed by atoms with Crippen molar-refractivity contribution in [1.82, 2.24) is 4.90 Å². The first-order valence-electron chi connectivity index (χ1n) is 5.85. The van der Waals surface area contributed by atoms with Crippen molar-refractivity contribution >= 4 is 11.6 Å². The molecule has 1 aromatic rings. The Bertz CT molecular complexity index is 366. The molecule has 17 heavy (non-hydrogen) atoms. The summed E-state index contributed by atoms with van der Waals surface area (Å²) in [5.41, 5.74) is 6.29. The summed E-state index contributed by atoms with van der Waals surface area (Å²) in [6.45, 7) is 3.22. The second-order valence-corrected chi connectivity index (χ2v) is 3.99. The monoisotopic (exact) mass is 236 g/mol. The van der Waals surface area contributed by atoms with Crippen LogP contribution in [0.1, 0.15) is 19.8 Å².